The molecule has 2 aromatic rings. The summed E-state index contributed by atoms with van der Waals surface area (Å²) in [5, 5.41) is 4.03. The molecule has 8 nitrogen and oxygen atoms in total. The first kappa shape index (κ1) is 19.7. The van der Waals surface area contributed by atoms with E-state index in [0.29, 0.717) is 30.2 Å². The van der Waals surface area contributed by atoms with Gasteiger partial charge >= 0.3 is 0 Å². The predicted octanol–water partition coefficient (Wildman–Crippen LogP) is 2.24. The fraction of sp³-hybridized carbons (Fsp3) is 0.684. The SMILES string of the molecule is CCN(Cc1noc(CN)n1)C1CCN(c2cc(C)nc(C(C)C)n2)CC1. The summed E-state index contributed by atoms with van der Waals surface area (Å²) in [6.07, 6.45) is 2.19. The van der Waals surface area contributed by atoms with Crippen molar-refractivity contribution >= 4 is 5.82 Å². The highest BCUT2D eigenvalue weighted by Gasteiger charge is 2.26. The Morgan fingerprint density at radius 2 is 2.00 bits per heavy atom. The lowest BCUT2D eigenvalue weighted by Crippen LogP contribution is -2.45. The van der Waals surface area contributed by atoms with Crippen molar-refractivity contribution in [2.24, 2.45) is 5.73 Å². The standard InChI is InChI=1S/C19H31N7O/c1-5-25(12-16-22-18(11-20)27-24-16)15-6-8-26(9-7-15)17-10-14(4)21-19(23-17)13(2)3/h10,13,15H,5-9,11-12,20H2,1-4H3. The molecular weight excluding hydrogens is 342 g/mol. The van der Waals surface area contributed by atoms with Crippen LogP contribution in [0.5, 0.6) is 0 Å². The second-order valence-electron chi connectivity index (χ2n) is 7.47. The Morgan fingerprint density at radius 1 is 1.26 bits per heavy atom. The van der Waals surface area contributed by atoms with E-state index in [1.807, 2.05) is 6.92 Å². The van der Waals surface area contributed by atoms with E-state index in [9.17, 15) is 0 Å². The van der Waals surface area contributed by atoms with Crippen LogP contribution in [0.25, 0.3) is 0 Å². The van der Waals surface area contributed by atoms with Crippen molar-refractivity contribution < 1.29 is 4.52 Å². The van der Waals surface area contributed by atoms with E-state index in [0.717, 1.165) is 49.8 Å². The van der Waals surface area contributed by atoms with Crippen molar-refractivity contribution in [3.63, 3.8) is 0 Å². The van der Waals surface area contributed by atoms with Crippen LogP contribution in [-0.2, 0) is 13.1 Å². The van der Waals surface area contributed by atoms with Crippen molar-refractivity contribution in [3.05, 3.63) is 29.3 Å². The number of hydrogen-bond donors (Lipinski definition) is 1. The zero-order valence-corrected chi connectivity index (χ0v) is 16.9. The van der Waals surface area contributed by atoms with Crippen LogP contribution in [0.3, 0.4) is 0 Å². The minimum Gasteiger partial charge on any atom is -0.356 e. The number of aryl methyl sites for hydroxylation is 1. The van der Waals surface area contributed by atoms with Crippen LogP contribution >= 0.6 is 0 Å². The molecule has 27 heavy (non-hydrogen) atoms. The van der Waals surface area contributed by atoms with Crippen LogP contribution in [0.1, 0.15) is 62.8 Å². The van der Waals surface area contributed by atoms with E-state index in [1.165, 1.54) is 0 Å². The average Bonchev–Trinajstić information content (AvgIpc) is 3.13. The lowest BCUT2D eigenvalue weighted by atomic mass is 10.0. The molecule has 1 saturated heterocycles. The Balaban J connectivity index is 1.62. The van der Waals surface area contributed by atoms with Gasteiger partial charge in [0.1, 0.15) is 11.6 Å². The second-order valence-corrected chi connectivity index (χ2v) is 7.47. The first-order valence-corrected chi connectivity index (χ1v) is 9.86. The van der Waals surface area contributed by atoms with E-state index < -0.39 is 0 Å². The Labute approximate surface area is 161 Å². The van der Waals surface area contributed by atoms with Gasteiger partial charge in [0.2, 0.25) is 5.89 Å². The second kappa shape index (κ2) is 8.75. The van der Waals surface area contributed by atoms with E-state index in [-0.39, 0.29) is 6.54 Å². The fourth-order valence-corrected chi connectivity index (χ4v) is 3.57. The van der Waals surface area contributed by atoms with Gasteiger partial charge < -0.3 is 15.2 Å². The third-order valence-corrected chi connectivity index (χ3v) is 5.11. The van der Waals surface area contributed by atoms with E-state index in [1.54, 1.807) is 0 Å². The molecule has 0 aliphatic carbocycles. The molecule has 2 N–H and O–H groups in total. The molecule has 1 aliphatic rings. The zero-order chi connectivity index (χ0) is 19.4. The zero-order valence-electron chi connectivity index (χ0n) is 16.9. The summed E-state index contributed by atoms with van der Waals surface area (Å²) in [5.74, 6) is 3.53. The Hall–Kier alpha value is -2.06. The Kier molecular flexibility index (Phi) is 6.38. The van der Waals surface area contributed by atoms with Crippen LogP contribution in [0.2, 0.25) is 0 Å². The van der Waals surface area contributed by atoms with Gasteiger partial charge in [-0.25, -0.2) is 9.97 Å². The van der Waals surface area contributed by atoms with Gasteiger partial charge in [-0.3, -0.25) is 4.90 Å². The van der Waals surface area contributed by atoms with Crippen LogP contribution < -0.4 is 10.6 Å². The molecule has 2 aromatic heterocycles. The molecule has 0 amide bonds. The molecule has 3 rings (SSSR count). The Bertz CT molecular complexity index is 737. The Morgan fingerprint density at radius 3 is 2.59 bits per heavy atom. The molecule has 0 aromatic carbocycles. The van der Waals surface area contributed by atoms with Crippen molar-refractivity contribution in [2.75, 3.05) is 24.5 Å². The smallest absolute Gasteiger partial charge is 0.240 e. The predicted molar refractivity (Wildman–Crippen MR) is 104 cm³/mol. The normalized spacial score (nSPS) is 15.9. The van der Waals surface area contributed by atoms with Gasteiger partial charge in [-0.15, -0.1) is 0 Å². The lowest BCUT2D eigenvalue weighted by molar-refractivity contribution is 0.163. The van der Waals surface area contributed by atoms with Gasteiger partial charge in [0.25, 0.3) is 0 Å². The van der Waals surface area contributed by atoms with Gasteiger partial charge in [-0.1, -0.05) is 25.9 Å². The average molecular weight is 374 g/mol. The molecule has 1 fully saturated rings. The number of anilines is 1. The summed E-state index contributed by atoms with van der Waals surface area (Å²) in [7, 11) is 0. The van der Waals surface area contributed by atoms with E-state index >= 15 is 0 Å². The maximum absolute atomic E-state index is 5.55. The summed E-state index contributed by atoms with van der Waals surface area (Å²) in [5.41, 5.74) is 6.59. The highest BCUT2D eigenvalue weighted by molar-refractivity contribution is 5.40. The number of rotatable bonds is 7. The molecular formula is C19H31N7O. The lowest BCUT2D eigenvalue weighted by Gasteiger charge is -2.38. The quantitative estimate of drug-likeness (QED) is 0.789. The van der Waals surface area contributed by atoms with Crippen LogP contribution in [0.15, 0.2) is 10.6 Å². The van der Waals surface area contributed by atoms with Gasteiger partial charge in [-0.05, 0) is 26.3 Å². The number of piperidine rings is 1. The largest absolute Gasteiger partial charge is 0.356 e. The molecule has 0 spiro atoms. The first-order chi connectivity index (χ1) is 13.0. The molecule has 0 unspecified atom stereocenters. The third-order valence-electron chi connectivity index (χ3n) is 5.11. The number of nitrogens with zero attached hydrogens (tertiary/aromatic N) is 6. The van der Waals surface area contributed by atoms with Gasteiger partial charge in [0.15, 0.2) is 5.82 Å². The molecule has 1 aliphatic heterocycles. The molecule has 0 atom stereocenters. The fourth-order valence-electron chi connectivity index (χ4n) is 3.57. The highest BCUT2D eigenvalue weighted by Crippen LogP contribution is 2.24. The van der Waals surface area contributed by atoms with E-state index in [2.05, 4.69) is 51.8 Å². The minimum atomic E-state index is 0.286. The van der Waals surface area contributed by atoms with Crippen LogP contribution in [-0.4, -0.2) is 50.7 Å². The van der Waals surface area contributed by atoms with Gasteiger partial charge in [-0.2, -0.15) is 4.98 Å². The van der Waals surface area contributed by atoms with Gasteiger partial charge in [0.05, 0.1) is 13.1 Å². The third kappa shape index (κ3) is 4.81. The summed E-state index contributed by atoms with van der Waals surface area (Å²) in [6, 6.07) is 2.61. The molecule has 3 heterocycles. The summed E-state index contributed by atoms with van der Waals surface area (Å²) in [4.78, 5) is 18.5. The molecule has 0 radical (unpaired) electrons. The van der Waals surface area contributed by atoms with Crippen molar-refractivity contribution in [1.29, 1.82) is 0 Å². The number of hydrogen-bond acceptors (Lipinski definition) is 8. The molecule has 148 valence electrons. The van der Waals surface area contributed by atoms with E-state index in [4.69, 9.17) is 15.2 Å². The van der Waals surface area contributed by atoms with Crippen molar-refractivity contribution in [1.82, 2.24) is 25.0 Å². The molecule has 0 bridgehead atoms. The number of nitrogens with two attached hydrogens (primary N) is 1. The minimum absolute atomic E-state index is 0.286. The van der Waals surface area contributed by atoms with Crippen LogP contribution in [0.4, 0.5) is 5.82 Å². The summed E-state index contributed by atoms with van der Waals surface area (Å²) < 4.78 is 5.13. The molecule has 0 saturated carbocycles. The maximum Gasteiger partial charge on any atom is 0.240 e. The summed E-state index contributed by atoms with van der Waals surface area (Å²) >= 11 is 0. The maximum atomic E-state index is 5.55. The van der Waals surface area contributed by atoms with Crippen molar-refractivity contribution in [2.45, 2.75) is 65.6 Å². The summed E-state index contributed by atoms with van der Waals surface area (Å²) in [6.45, 7) is 12.4. The monoisotopic (exact) mass is 373 g/mol. The molecule has 8 heteroatoms. The highest BCUT2D eigenvalue weighted by atomic mass is 16.5. The van der Waals surface area contributed by atoms with Crippen molar-refractivity contribution in [3.8, 4) is 0 Å². The first-order valence-electron chi connectivity index (χ1n) is 9.86. The topological polar surface area (TPSA) is 97.2 Å². The number of aromatic nitrogens is 4. The van der Waals surface area contributed by atoms with Gasteiger partial charge in [0, 0.05) is 36.8 Å². The van der Waals surface area contributed by atoms with Crippen LogP contribution in [0, 0.1) is 6.92 Å².